The zero-order valence-electron chi connectivity index (χ0n) is 10.9. The molecule has 1 aliphatic carbocycles. The van der Waals surface area contributed by atoms with Crippen LogP contribution in [0.2, 0.25) is 0 Å². The molecule has 0 radical (unpaired) electrons. The van der Waals surface area contributed by atoms with E-state index in [0.717, 1.165) is 18.4 Å². The maximum Gasteiger partial charge on any atom is 0.118 e. The van der Waals surface area contributed by atoms with Crippen molar-refractivity contribution in [3.63, 3.8) is 0 Å². The molecule has 0 amide bonds. The van der Waals surface area contributed by atoms with Crippen molar-refractivity contribution in [2.45, 2.75) is 45.4 Å². The first-order chi connectivity index (χ1) is 8.04. The highest BCUT2D eigenvalue weighted by atomic mass is 16.3. The number of aromatic hydroxyl groups is 1. The van der Waals surface area contributed by atoms with Gasteiger partial charge in [0.2, 0.25) is 0 Å². The molecule has 3 atom stereocenters. The molecule has 1 aromatic rings. The first-order valence-electron chi connectivity index (χ1n) is 6.48. The van der Waals surface area contributed by atoms with Gasteiger partial charge < -0.3 is 10.2 Å². The second-order valence-corrected chi connectivity index (χ2v) is 5.51. The van der Waals surface area contributed by atoms with Crippen molar-refractivity contribution in [3.05, 3.63) is 28.8 Å². The van der Waals surface area contributed by atoms with Crippen molar-refractivity contribution in [2.24, 2.45) is 5.92 Å². The molecule has 94 valence electrons. The summed E-state index contributed by atoms with van der Waals surface area (Å²) in [7, 11) is 0. The van der Waals surface area contributed by atoms with Gasteiger partial charge in [-0.25, -0.2) is 0 Å². The molecule has 0 bridgehead atoms. The van der Waals surface area contributed by atoms with Crippen LogP contribution in [-0.2, 0) is 0 Å². The van der Waals surface area contributed by atoms with E-state index in [1.54, 1.807) is 0 Å². The molecule has 0 spiro atoms. The first kappa shape index (κ1) is 12.4. The predicted molar refractivity (Wildman–Crippen MR) is 69.5 cm³/mol. The van der Waals surface area contributed by atoms with E-state index in [0.29, 0.717) is 23.5 Å². The SMILES string of the molecule is Cc1cc2c(cc1O)[C@H](C)CCC2C(C)CO. The number of aryl methyl sites for hydroxylation is 1. The number of hydrogen-bond acceptors (Lipinski definition) is 2. The lowest BCUT2D eigenvalue weighted by Crippen LogP contribution is -2.20. The number of phenolic OH excluding ortho intramolecular Hbond substituents is 1. The van der Waals surface area contributed by atoms with E-state index in [4.69, 9.17) is 0 Å². The van der Waals surface area contributed by atoms with Crippen LogP contribution in [0.3, 0.4) is 0 Å². The minimum Gasteiger partial charge on any atom is -0.508 e. The summed E-state index contributed by atoms with van der Waals surface area (Å²) in [6, 6.07) is 4.03. The summed E-state index contributed by atoms with van der Waals surface area (Å²) < 4.78 is 0. The van der Waals surface area contributed by atoms with Crippen molar-refractivity contribution < 1.29 is 10.2 Å². The summed E-state index contributed by atoms with van der Waals surface area (Å²) in [6.07, 6.45) is 2.28. The van der Waals surface area contributed by atoms with E-state index < -0.39 is 0 Å². The van der Waals surface area contributed by atoms with Crippen LogP contribution in [0.25, 0.3) is 0 Å². The van der Waals surface area contributed by atoms with Crippen LogP contribution >= 0.6 is 0 Å². The standard InChI is InChI=1S/C15H22O2/c1-9-4-5-12(11(3)8-16)14-6-10(2)15(17)7-13(9)14/h6-7,9,11-12,16-17H,4-5,8H2,1-3H3/t9-,11?,12?/m1/s1. The van der Waals surface area contributed by atoms with Gasteiger partial charge in [0.05, 0.1) is 0 Å². The van der Waals surface area contributed by atoms with Crippen LogP contribution in [0.15, 0.2) is 12.1 Å². The summed E-state index contributed by atoms with van der Waals surface area (Å²) in [5.41, 5.74) is 3.54. The Morgan fingerprint density at radius 3 is 2.65 bits per heavy atom. The fourth-order valence-electron chi connectivity index (χ4n) is 2.94. The van der Waals surface area contributed by atoms with Gasteiger partial charge in [0.25, 0.3) is 0 Å². The molecule has 0 heterocycles. The third-order valence-corrected chi connectivity index (χ3v) is 4.22. The highest BCUT2D eigenvalue weighted by Crippen LogP contribution is 2.44. The van der Waals surface area contributed by atoms with Gasteiger partial charge >= 0.3 is 0 Å². The van der Waals surface area contributed by atoms with Gasteiger partial charge in [-0.05, 0) is 60.3 Å². The molecular formula is C15H22O2. The molecule has 0 fully saturated rings. The summed E-state index contributed by atoms with van der Waals surface area (Å²) in [5.74, 6) is 1.64. The van der Waals surface area contributed by atoms with Gasteiger partial charge in [-0.2, -0.15) is 0 Å². The Morgan fingerprint density at radius 2 is 2.00 bits per heavy atom. The smallest absolute Gasteiger partial charge is 0.118 e. The van der Waals surface area contributed by atoms with Crippen LogP contribution in [0.5, 0.6) is 5.75 Å². The Bertz CT molecular complexity index is 412. The maximum absolute atomic E-state index is 9.83. The highest BCUT2D eigenvalue weighted by molar-refractivity contribution is 5.45. The minimum absolute atomic E-state index is 0.235. The second kappa shape index (κ2) is 4.69. The summed E-state index contributed by atoms with van der Waals surface area (Å²) in [6.45, 7) is 6.49. The Kier molecular flexibility index (Phi) is 3.43. The molecule has 2 N–H and O–H groups in total. The highest BCUT2D eigenvalue weighted by Gasteiger charge is 2.29. The van der Waals surface area contributed by atoms with Crippen LogP contribution in [0, 0.1) is 12.8 Å². The predicted octanol–water partition coefficient (Wildman–Crippen LogP) is 3.31. The Morgan fingerprint density at radius 1 is 1.29 bits per heavy atom. The number of phenols is 1. The average molecular weight is 234 g/mol. The molecule has 1 aromatic carbocycles. The van der Waals surface area contributed by atoms with Crippen molar-refractivity contribution >= 4 is 0 Å². The van der Waals surface area contributed by atoms with Crippen LogP contribution in [0.4, 0.5) is 0 Å². The second-order valence-electron chi connectivity index (χ2n) is 5.51. The maximum atomic E-state index is 9.83. The number of aliphatic hydroxyl groups excluding tert-OH is 1. The Labute approximate surface area is 103 Å². The molecule has 17 heavy (non-hydrogen) atoms. The van der Waals surface area contributed by atoms with Gasteiger partial charge in [-0.3, -0.25) is 0 Å². The number of aliphatic hydroxyl groups is 1. The third kappa shape index (κ3) is 2.19. The monoisotopic (exact) mass is 234 g/mol. The van der Waals surface area contributed by atoms with Crippen LogP contribution < -0.4 is 0 Å². The van der Waals surface area contributed by atoms with Gasteiger partial charge in [0.15, 0.2) is 0 Å². The minimum atomic E-state index is 0.235. The fourth-order valence-corrected chi connectivity index (χ4v) is 2.94. The van der Waals surface area contributed by atoms with Gasteiger partial charge in [-0.1, -0.05) is 19.9 Å². The van der Waals surface area contributed by atoms with Crippen molar-refractivity contribution in [2.75, 3.05) is 6.61 Å². The molecule has 0 saturated heterocycles. The van der Waals surface area contributed by atoms with Crippen molar-refractivity contribution in [1.82, 2.24) is 0 Å². The van der Waals surface area contributed by atoms with E-state index in [9.17, 15) is 10.2 Å². The lowest BCUT2D eigenvalue weighted by Gasteiger charge is -2.33. The Hall–Kier alpha value is -1.02. The van der Waals surface area contributed by atoms with E-state index in [2.05, 4.69) is 19.9 Å². The number of benzene rings is 1. The zero-order chi connectivity index (χ0) is 12.6. The average Bonchev–Trinajstić information content (AvgIpc) is 2.31. The quantitative estimate of drug-likeness (QED) is 0.824. The molecule has 1 aliphatic rings. The molecule has 0 aromatic heterocycles. The summed E-state index contributed by atoms with van der Waals surface area (Å²) in [5, 5.41) is 19.2. The molecule has 0 aliphatic heterocycles. The zero-order valence-corrected chi connectivity index (χ0v) is 10.9. The van der Waals surface area contributed by atoms with E-state index in [1.165, 1.54) is 11.1 Å². The normalized spacial score (nSPS) is 25.4. The van der Waals surface area contributed by atoms with E-state index >= 15 is 0 Å². The lowest BCUT2D eigenvalue weighted by molar-refractivity contribution is 0.206. The molecule has 2 unspecified atom stereocenters. The molecular weight excluding hydrogens is 212 g/mol. The van der Waals surface area contributed by atoms with E-state index in [1.807, 2.05) is 13.0 Å². The van der Waals surface area contributed by atoms with Gasteiger partial charge in [0.1, 0.15) is 5.75 Å². The van der Waals surface area contributed by atoms with Crippen molar-refractivity contribution in [3.8, 4) is 5.75 Å². The van der Waals surface area contributed by atoms with Gasteiger partial charge in [0, 0.05) is 6.61 Å². The van der Waals surface area contributed by atoms with Crippen LogP contribution in [0.1, 0.15) is 55.2 Å². The number of fused-ring (bicyclic) bond motifs is 1. The topological polar surface area (TPSA) is 40.5 Å². The first-order valence-corrected chi connectivity index (χ1v) is 6.48. The fraction of sp³-hybridized carbons (Fsp3) is 0.600. The largest absolute Gasteiger partial charge is 0.508 e. The molecule has 2 heteroatoms. The van der Waals surface area contributed by atoms with Gasteiger partial charge in [-0.15, -0.1) is 0 Å². The number of rotatable bonds is 2. The van der Waals surface area contributed by atoms with Crippen molar-refractivity contribution in [1.29, 1.82) is 0 Å². The molecule has 0 saturated carbocycles. The summed E-state index contributed by atoms with van der Waals surface area (Å²) in [4.78, 5) is 0. The molecule has 2 nitrogen and oxygen atoms in total. The number of hydrogen-bond donors (Lipinski definition) is 2. The Balaban J connectivity index is 2.47. The van der Waals surface area contributed by atoms with E-state index in [-0.39, 0.29) is 6.61 Å². The summed E-state index contributed by atoms with van der Waals surface area (Å²) >= 11 is 0. The third-order valence-electron chi connectivity index (χ3n) is 4.22. The lowest BCUT2D eigenvalue weighted by atomic mass is 9.72. The van der Waals surface area contributed by atoms with Crippen LogP contribution in [-0.4, -0.2) is 16.8 Å². The molecule has 2 rings (SSSR count).